The summed E-state index contributed by atoms with van der Waals surface area (Å²) in [5.74, 6) is -0.0441. The van der Waals surface area contributed by atoms with Crippen LogP contribution < -0.4 is 0 Å². The molecule has 2 aromatic rings. The molecule has 1 N–H and O–H groups in total. The molecule has 2 atom stereocenters. The third-order valence-corrected chi connectivity index (χ3v) is 6.46. The zero-order chi connectivity index (χ0) is 20.4. The van der Waals surface area contributed by atoms with Crippen LogP contribution in [0.3, 0.4) is 0 Å². The number of rotatable bonds is 3. The van der Waals surface area contributed by atoms with Crippen molar-refractivity contribution in [3.8, 4) is 0 Å². The lowest BCUT2D eigenvalue weighted by atomic mass is 9.79. The minimum atomic E-state index is -0.965. The lowest BCUT2D eigenvalue weighted by Gasteiger charge is -2.51. The molecule has 1 aromatic carbocycles. The molecule has 6 heteroatoms. The third-order valence-electron chi connectivity index (χ3n) is 6.46. The zero-order valence-electron chi connectivity index (χ0n) is 17.3. The number of piperidine rings is 1. The van der Waals surface area contributed by atoms with Gasteiger partial charge in [0, 0.05) is 45.5 Å². The van der Waals surface area contributed by atoms with Gasteiger partial charge in [-0.2, -0.15) is 0 Å². The van der Waals surface area contributed by atoms with Gasteiger partial charge >= 0.3 is 0 Å². The number of aliphatic hydroxyl groups is 1. The molecule has 0 radical (unpaired) electrons. The Morgan fingerprint density at radius 2 is 1.79 bits per heavy atom. The molecule has 0 spiro atoms. The Labute approximate surface area is 172 Å². The van der Waals surface area contributed by atoms with Gasteiger partial charge in [-0.05, 0) is 37.6 Å². The topological polar surface area (TPSA) is 59.9 Å². The summed E-state index contributed by atoms with van der Waals surface area (Å²) in [7, 11) is 2.13. The number of aromatic nitrogens is 1. The molecule has 1 amide bonds. The fourth-order valence-corrected chi connectivity index (χ4v) is 4.58. The molecular weight excluding hydrogens is 364 g/mol. The Morgan fingerprint density at radius 1 is 1.07 bits per heavy atom. The molecule has 2 aliphatic heterocycles. The number of nitrogens with zero attached hydrogens (tertiary/aromatic N) is 4. The van der Waals surface area contributed by atoms with Crippen LogP contribution in [-0.4, -0.2) is 83.1 Å². The Morgan fingerprint density at radius 3 is 2.48 bits per heavy atom. The second kappa shape index (κ2) is 8.22. The van der Waals surface area contributed by atoms with Gasteiger partial charge in [-0.15, -0.1) is 0 Å². The van der Waals surface area contributed by atoms with Crippen LogP contribution in [0.15, 0.2) is 48.7 Å². The first kappa shape index (κ1) is 20.0. The Kier molecular flexibility index (Phi) is 5.67. The van der Waals surface area contributed by atoms with E-state index in [0.29, 0.717) is 25.2 Å². The monoisotopic (exact) mass is 394 g/mol. The molecule has 0 saturated carbocycles. The largest absolute Gasteiger partial charge is 0.383 e. The highest BCUT2D eigenvalue weighted by molar-refractivity contribution is 5.93. The molecule has 0 unspecified atom stereocenters. The van der Waals surface area contributed by atoms with Gasteiger partial charge < -0.3 is 14.9 Å². The fourth-order valence-electron chi connectivity index (χ4n) is 4.58. The highest BCUT2D eigenvalue weighted by Gasteiger charge is 2.47. The van der Waals surface area contributed by atoms with Gasteiger partial charge in [0.25, 0.3) is 5.91 Å². The van der Waals surface area contributed by atoms with Crippen molar-refractivity contribution in [3.63, 3.8) is 0 Å². The van der Waals surface area contributed by atoms with Crippen molar-refractivity contribution in [2.75, 3.05) is 46.3 Å². The summed E-state index contributed by atoms with van der Waals surface area (Å²) >= 11 is 0. The molecule has 6 nitrogen and oxygen atoms in total. The van der Waals surface area contributed by atoms with Crippen LogP contribution in [-0.2, 0) is 5.60 Å². The number of aryl methyl sites for hydroxylation is 1. The Bertz CT molecular complexity index is 851. The van der Waals surface area contributed by atoms with Crippen LogP contribution in [0.1, 0.15) is 28.0 Å². The average molecular weight is 395 g/mol. The summed E-state index contributed by atoms with van der Waals surface area (Å²) in [4.78, 5) is 24.1. The molecular formula is C23H30N4O2. The lowest BCUT2D eigenvalue weighted by molar-refractivity contribution is -0.101. The smallest absolute Gasteiger partial charge is 0.272 e. The molecule has 1 aromatic heterocycles. The molecule has 2 fully saturated rings. The molecule has 0 bridgehead atoms. The second-order valence-electron chi connectivity index (χ2n) is 8.32. The standard InChI is InChI=1S/C23H30N4O2/c1-18-7-6-11-24-21(18)22(28)27-12-10-23(29,19-8-4-3-5-9-19)20(17-27)26-15-13-25(2)14-16-26/h3-9,11,20,29H,10,12-17H2,1-2H3/t20-,23+/m1/s1. The van der Waals surface area contributed by atoms with Gasteiger partial charge in [0.15, 0.2) is 0 Å². The van der Waals surface area contributed by atoms with Crippen molar-refractivity contribution < 1.29 is 9.90 Å². The van der Waals surface area contributed by atoms with E-state index in [0.717, 1.165) is 37.3 Å². The molecule has 2 saturated heterocycles. The van der Waals surface area contributed by atoms with Gasteiger partial charge in [-0.1, -0.05) is 36.4 Å². The van der Waals surface area contributed by atoms with Crippen LogP contribution in [0.5, 0.6) is 0 Å². The van der Waals surface area contributed by atoms with E-state index in [1.54, 1.807) is 6.20 Å². The minimum absolute atomic E-state index is 0.0441. The fraction of sp³-hybridized carbons (Fsp3) is 0.478. The number of piperazine rings is 1. The van der Waals surface area contributed by atoms with Crippen molar-refractivity contribution in [1.82, 2.24) is 19.7 Å². The quantitative estimate of drug-likeness (QED) is 0.859. The van der Waals surface area contributed by atoms with Crippen LogP contribution in [0, 0.1) is 6.92 Å². The number of carbonyl (C=O) groups is 1. The summed E-state index contributed by atoms with van der Waals surface area (Å²) in [6.07, 6.45) is 2.19. The van der Waals surface area contributed by atoms with Gasteiger partial charge in [-0.3, -0.25) is 14.7 Å². The summed E-state index contributed by atoms with van der Waals surface area (Å²) in [5, 5.41) is 11.8. The predicted molar refractivity (Wildman–Crippen MR) is 113 cm³/mol. The first-order valence-corrected chi connectivity index (χ1v) is 10.4. The number of benzene rings is 1. The van der Waals surface area contributed by atoms with E-state index in [9.17, 15) is 9.90 Å². The van der Waals surface area contributed by atoms with Crippen molar-refractivity contribution in [2.45, 2.75) is 25.0 Å². The summed E-state index contributed by atoms with van der Waals surface area (Å²) in [6, 6.07) is 13.6. The highest BCUT2D eigenvalue weighted by Crippen LogP contribution is 2.36. The van der Waals surface area contributed by atoms with Gasteiger partial charge in [-0.25, -0.2) is 0 Å². The first-order chi connectivity index (χ1) is 14.0. The van der Waals surface area contributed by atoms with Crippen LogP contribution in [0.4, 0.5) is 0 Å². The number of likely N-dealkylation sites (tertiary alicyclic amines) is 1. The zero-order valence-corrected chi connectivity index (χ0v) is 17.3. The van der Waals surface area contributed by atoms with Crippen molar-refractivity contribution in [2.24, 2.45) is 0 Å². The van der Waals surface area contributed by atoms with Crippen molar-refractivity contribution >= 4 is 5.91 Å². The van der Waals surface area contributed by atoms with Crippen LogP contribution in [0.25, 0.3) is 0 Å². The lowest BCUT2D eigenvalue weighted by Crippen LogP contribution is -2.64. The maximum absolute atomic E-state index is 13.2. The van der Waals surface area contributed by atoms with E-state index < -0.39 is 5.60 Å². The normalized spacial score (nSPS) is 26.4. The Balaban J connectivity index is 1.63. The molecule has 154 valence electrons. The van der Waals surface area contributed by atoms with Gasteiger partial charge in [0.2, 0.25) is 0 Å². The SMILES string of the molecule is Cc1cccnc1C(=O)N1CC[C@](O)(c2ccccc2)[C@H](N2CCN(C)CC2)C1. The minimum Gasteiger partial charge on any atom is -0.383 e. The van der Waals surface area contributed by atoms with Crippen LogP contribution in [0.2, 0.25) is 0 Å². The average Bonchev–Trinajstić information content (AvgIpc) is 2.75. The summed E-state index contributed by atoms with van der Waals surface area (Å²) < 4.78 is 0. The summed E-state index contributed by atoms with van der Waals surface area (Å²) in [6.45, 7) is 6.65. The van der Waals surface area contributed by atoms with Gasteiger partial charge in [0.05, 0.1) is 6.04 Å². The van der Waals surface area contributed by atoms with Crippen molar-refractivity contribution in [1.29, 1.82) is 0 Å². The predicted octanol–water partition coefficient (Wildman–Crippen LogP) is 1.74. The van der Waals surface area contributed by atoms with E-state index in [-0.39, 0.29) is 11.9 Å². The van der Waals surface area contributed by atoms with E-state index in [1.165, 1.54) is 0 Å². The maximum atomic E-state index is 13.2. The second-order valence-corrected chi connectivity index (χ2v) is 8.32. The third kappa shape index (κ3) is 3.92. The number of hydrogen-bond donors (Lipinski definition) is 1. The molecule has 2 aliphatic rings. The number of pyridine rings is 1. The Hall–Kier alpha value is -2.28. The maximum Gasteiger partial charge on any atom is 0.272 e. The van der Waals surface area contributed by atoms with E-state index in [1.807, 2.05) is 54.3 Å². The molecule has 4 rings (SSSR count). The van der Waals surface area contributed by atoms with Crippen molar-refractivity contribution in [3.05, 3.63) is 65.5 Å². The van der Waals surface area contributed by atoms with E-state index >= 15 is 0 Å². The van der Waals surface area contributed by atoms with Crippen LogP contribution >= 0.6 is 0 Å². The number of hydrogen-bond acceptors (Lipinski definition) is 5. The van der Waals surface area contributed by atoms with E-state index in [4.69, 9.17) is 0 Å². The number of carbonyl (C=O) groups excluding carboxylic acids is 1. The highest BCUT2D eigenvalue weighted by atomic mass is 16.3. The number of likely N-dealkylation sites (N-methyl/N-ethyl adjacent to an activating group) is 1. The molecule has 29 heavy (non-hydrogen) atoms. The molecule has 0 aliphatic carbocycles. The number of amides is 1. The summed E-state index contributed by atoms with van der Waals surface area (Å²) in [5.41, 5.74) is 1.37. The van der Waals surface area contributed by atoms with Gasteiger partial charge in [0.1, 0.15) is 11.3 Å². The molecule has 3 heterocycles. The first-order valence-electron chi connectivity index (χ1n) is 10.4. The van der Waals surface area contributed by atoms with E-state index in [2.05, 4.69) is 21.8 Å².